The number of rotatable bonds is 3. The van der Waals surface area contributed by atoms with Crippen LogP contribution >= 0.6 is 0 Å². The second-order valence-corrected chi connectivity index (χ2v) is 3.26. The maximum Gasteiger partial charge on any atom is 0.500 e. The highest BCUT2D eigenvalue weighted by atomic mass is 19.4. The van der Waals surface area contributed by atoms with Crippen LogP contribution in [0.25, 0.3) is 0 Å². The van der Waals surface area contributed by atoms with Gasteiger partial charge in [0.25, 0.3) is 0 Å². The van der Waals surface area contributed by atoms with Gasteiger partial charge < -0.3 is 4.84 Å². The fraction of sp³-hybridized carbons (Fsp3) is 0.833. The van der Waals surface area contributed by atoms with Gasteiger partial charge >= 0.3 is 36.6 Å². The van der Waals surface area contributed by atoms with E-state index >= 15 is 0 Å². The van der Waals surface area contributed by atoms with Crippen LogP contribution in [-0.2, 0) is 9.63 Å². The van der Waals surface area contributed by atoms with Gasteiger partial charge in [0.15, 0.2) is 0 Å². The lowest BCUT2D eigenvalue weighted by atomic mass is 10.1. The van der Waals surface area contributed by atoms with Crippen molar-refractivity contribution in [1.29, 1.82) is 0 Å². The summed E-state index contributed by atoms with van der Waals surface area (Å²) in [5.41, 5.74) is 0. The van der Waals surface area contributed by atoms with E-state index in [4.69, 9.17) is 0 Å². The molecule has 0 amide bonds. The molecule has 0 aromatic heterocycles. The van der Waals surface area contributed by atoms with E-state index in [0.29, 0.717) is 0 Å². The van der Waals surface area contributed by atoms with Gasteiger partial charge in [-0.25, -0.2) is 4.79 Å². The normalized spacial score (nSPS) is 15.2. The van der Waals surface area contributed by atoms with Crippen LogP contribution in [0.4, 0.5) is 57.1 Å². The quantitative estimate of drug-likeness (QED) is 0.435. The number of hydrogen-bond acceptors (Lipinski definition) is 3. The first-order valence-corrected chi connectivity index (χ1v) is 4.24. The lowest BCUT2D eigenvalue weighted by Gasteiger charge is -2.29. The van der Waals surface area contributed by atoms with Crippen molar-refractivity contribution in [1.82, 2.24) is 5.06 Å². The van der Waals surface area contributed by atoms with Crippen LogP contribution in [0, 0.1) is 0 Å². The van der Waals surface area contributed by atoms with E-state index < -0.39 is 41.7 Å². The number of halogens is 13. The summed E-state index contributed by atoms with van der Waals surface area (Å²) in [5.74, 6) is -18.7. The molecule has 0 heterocycles. The molecule has 0 bridgehead atoms. The Kier molecular flexibility index (Phi) is 4.95. The highest BCUT2D eigenvalue weighted by molar-refractivity contribution is 5.79. The van der Waals surface area contributed by atoms with E-state index in [2.05, 4.69) is 0 Å². The molecular formula is C6F13NO2. The molecule has 22 heavy (non-hydrogen) atoms. The number of hydroxylamine groups is 2. The Morgan fingerprint density at radius 1 is 0.682 bits per heavy atom. The van der Waals surface area contributed by atoms with E-state index in [0.717, 1.165) is 0 Å². The Balaban J connectivity index is 5.60. The molecular weight excluding hydrogens is 365 g/mol. The van der Waals surface area contributed by atoms with Gasteiger partial charge in [0.1, 0.15) is 0 Å². The first-order chi connectivity index (χ1) is 9.26. The minimum absolute atomic E-state index is 1.94. The molecule has 0 radical (unpaired) electrons. The number of nitrogens with zero attached hydrogens (tertiary/aromatic N) is 1. The molecule has 0 aliphatic rings. The first-order valence-electron chi connectivity index (χ1n) is 4.24. The number of carbonyl (C=O) groups is 1. The fourth-order valence-corrected chi connectivity index (χ4v) is 0.694. The molecule has 0 rings (SSSR count). The number of hydrogen-bond donors (Lipinski definition) is 0. The highest BCUT2D eigenvalue weighted by Crippen LogP contribution is 2.47. The van der Waals surface area contributed by atoms with Gasteiger partial charge in [-0.15, -0.1) is 0 Å². The summed E-state index contributed by atoms with van der Waals surface area (Å²) in [6, 6.07) is 0. The van der Waals surface area contributed by atoms with E-state index in [1.54, 1.807) is 0 Å². The van der Waals surface area contributed by atoms with Crippen LogP contribution in [0.1, 0.15) is 0 Å². The van der Waals surface area contributed by atoms with Gasteiger partial charge in [0.2, 0.25) is 0 Å². The number of alkyl halides is 13. The fourth-order valence-electron chi connectivity index (χ4n) is 0.694. The van der Waals surface area contributed by atoms with Crippen molar-refractivity contribution in [2.24, 2.45) is 0 Å². The molecule has 0 saturated heterocycles. The Hall–Kier alpha value is -1.48. The van der Waals surface area contributed by atoms with E-state index in [9.17, 15) is 61.9 Å². The third-order valence-electron chi connectivity index (χ3n) is 1.64. The van der Waals surface area contributed by atoms with Gasteiger partial charge in [-0.05, 0) is 0 Å². The molecule has 0 atom stereocenters. The van der Waals surface area contributed by atoms with Gasteiger partial charge in [-0.1, -0.05) is 0 Å². The molecule has 0 saturated carbocycles. The molecule has 0 aromatic carbocycles. The van der Waals surface area contributed by atoms with Gasteiger partial charge in [0.05, 0.1) is 5.06 Å². The predicted molar refractivity (Wildman–Crippen MR) is 36.0 cm³/mol. The second kappa shape index (κ2) is 5.31. The average Bonchev–Trinajstić information content (AvgIpc) is 2.19. The molecule has 132 valence electrons. The maximum atomic E-state index is 12.5. The van der Waals surface area contributed by atoms with Crippen LogP contribution in [-0.4, -0.2) is 41.7 Å². The molecule has 3 nitrogen and oxygen atoms in total. The SMILES string of the molecule is O=C(ON(C(F)(F)F)C(F)(F)F)C(F)(F)C(F)(F)C(F)(F)F. The molecule has 0 aliphatic heterocycles. The van der Waals surface area contributed by atoms with E-state index in [-0.39, 0.29) is 0 Å². The zero-order valence-corrected chi connectivity index (χ0v) is 9.18. The predicted octanol–water partition coefficient (Wildman–Crippen LogP) is 3.62. The van der Waals surface area contributed by atoms with Crippen LogP contribution in [0.15, 0.2) is 0 Å². The van der Waals surface area contributed by atoms with Crippen molar-refractivity contribution in [3.05, 3.63) is 0 Å². The van der Waals surface area contributed by atoms with Crippen molar-refractivity contribution in [2.45, 2.75) is 30.6 Å². The van der Waals surface area contributed by atoms with E-state index in [1.165, 1.54) is 0 Å². The summed E-state index contributed by atoms with van der Waals surface area (Å²) in [5, 5.41) is -3.36. The summed E-state index contributed by atoms with van der Waals surface area (Å²) in [6.07, 6.45) is -20.6. The third kappa shape index (κ3) is 3.83. The summed E-state index contributed by atoms with van der Waals surface area (Å²) in [6.45, 7) is 0. The van der Waals surface area contributed by atoms with Crippen molar-refractivity contribution in [2.75, 3.05) is 0 Å². The summed E-state index contributed by atoms with van der Waals surface area (Å²) < 4.78 is 155. The molecule has 0 N–H and O–H groups in total. The third-order valence-corrected chi connectivity index (χ3v) is 1.64. The first kappa shape index (κ1) is 20.5. The molecule has 0 fully saturated rings. The maximum absolute atomic E-state index is 12.5. The van der Waals surface area contributed by atoms with E-state index in [1.807, 2.05) is 4.84 Å². The zero-order chi connectivity index (χ0) is 18.4. The Morgan fingerprint density at radius 3 is 1.23 bits per heavy atom. The summed E-state index contributed by atoms with van der Waals surface area (Å²) in [7, 11) is 0. The molecule has 16 heteroatoms. The molecule has 0 aromatic rings. The largest absolute Gasteiger partial charge is 0.500 e. The van der Waals surface area contributed by atoms with Crippen molar-refractivity contribution >= 4 is 5.97 Å². The Bertz CT molecular complexity index is 404. The summed E-state index contributed by atoms with van der Waals surface area (Å²) >= 11 is 0. The Morgan fingerprint density at radius 2 is 1.00 bits per heavy atom. The second-order valence-electron chi connectivity index (χ2n) is 3.26. The lowest BCUT2D eigenvalue weighted by molar-refractivity contribution is -0.472. The van der Waals surface area contributed by atoms with Crippen LogP contribution < -0.4 is 0 Å². The Labute approximate surface area is 110 Å². The minimum Gasteiger partial charge on any atom is -0.346 e. The average molecular weight is 365 g/mol. The zero-order valence-electron chi connectivity index (χ0n) is 9.18. The molecule has 0 spiro atoms. The molecule has 0 aliphatic carbocycles. The smallest absolute Gasteiger partial charge is 0.346 e. The van der Waals surface area contributed by atoms with Gasteiger partial charge in [-0.3, -0.25) is 0 Å². The van der Waals surface area contributed by atoms with Crippen molar-refractivity contribution in [3.63, 3.8) is 0 Å². The van der Waals surface area contributed by atoms with Crippen molar-refractivity contribution < 1.29 is 66.7 Å². The van der Waals surface area contributed by atoms with Gasteiger partial charge in [-0.2, -0.15) is 57.1 Å². The monoisotopic (exact) mass is 365 g/mol. The van der Waals surface area contributed by atoms with Gasteiger partial charge in [0, 0.05) is 0 Å². The lowest BCUT2D eigenvalue weighted by Crippen LogP contribution is -2.59. The standard InChI is InChI=1S/C6F13NO2/c7-2(8,3(9,10)4(11,12)13)1(21)22-20(5(14,15)16)6(17,18)19. The topological polar surface area (TPSA) is 29.5 Å². The van der Waals surface area contributed by atoms with Crippen LogP contribution in [0.2, 0.25) is 0 Å². The molecule has 0 unspecified atom stereocenters. The minimum atomic E-state index is -7.28. The van der Waals surface area contributed by atoms with Crippen LogP contribution in [0.5, 0.6) is 0 Å². The highest BCUT2D eigenvalue weighted by Gasteiger charge is 2.78. The number of carbonyl (C=O) groups excluding carboxylic acids is 1. The van der Waals surface area contributed by atoms with Crippen molar-refractivity contribution in [3.8, 4) is 0 Å². The summed E-state index contributed by atoms with van der Waals surface area (Å²) in [4.78, 5) is 12.2. The van der Waals surface area contributed by atoms with Crippen LogP contribution in [0.3, 0.4) is 0 Å².